The highest BCUT2D eigenvalue weighted by Gasteiger charge is 2.15. The fourth-order valence-corrected chi connectivity index (χ4v) is 2.02. The molecule has 0 heterocycles. The molecule has 1 rings (SSSR count). The van der Waals surface area contributed by atoms with E-state index in [4.69, 9.17) is 9.47 Å². The Morgan fingerprint density at radius 2 is 1.95 bits per heavy atom. The fraction of sp³-hybridized carbons (Fsp3) is 0.533. The van der Waals surface area contributed by atoms with Crippen LogP contribution in [0.3, 0.4) is 0 Å². The number of para-hydroxylation sites is 1. The third kappa shape index (κ3) is 7.57. The summed E-state index contributed by atoms with van der Waals surface area (Å²) in [7, 11) is 0. The highest BCUT2D eigenvalue weighted by molar-refractivity contribution is 14.1. The SMILES string of the molecule is CC(C)(C)OC(=O)NCCCCOc1ccccc1I. The van der Waals surface area contributed by atoms with Crippen LogP contribution in [0, 0.1) is 3.57 Å². The molecule has 0 aromatic heterocycles. The summed E-state index contributed by atoms with van der Waals surface area (Å²) in [5.41, 5.74) is -0.447. The summed E-state index contributed by atoms with van der Waals surface area (Å²) in [6.07, 6.45) is 1.39. The molecule has 20 heavy (non-hydrogen) atoms. The summed E-state index contributed by atoms with van der Waals surface area (Å²) >= 11 is 2.25. The van der Waals surface area contributed by atoms with Gasteiger partial charge in [0.2, 0.25) is 0 Å². The summed E-state index contributed by atoms with van der Waals surface area (Å²) in [6, 6.07) is 7.92. The van der Waals surface area contributed by atoms with Gasteiger partial charge >= 0.3 is 6.09 Å². The molecule has 1 aromatic carbocycles. The lowest BCUT2D eigenvalue weighted by atomic mass is 10.2. The number of nitrogens with one attached hydrogen (secondary N) is 1. The number of hydrogen-bond acceptors (Lipinski definition) is 3. The molecule has 1 amide bonds. The largest absolute Gasteiger partial charge is 0.492 e. The number of carbonyl (C=O) groups excluding carboxylic acids is 1. The van der Waals surface area contributed by atoms with E-state index in [2.05, 4.69) is 27.9 Å². The number of benzene rings is 1. The molecule has 4 nitrogen and oxygen atoms in total. The second-order valence-electron chi connectivity index (χ2n) is 5.41. The molecule has 0 bridgehead atoms. The third-order valence-electron chi connectivity index (χ3n) is 2.33. The first-order valence-corrected chi connectivity index (χ1v) is 7.80. The van der Waals surface area contributed by atoms with Crippen molar-refractivity contribution in [3.8, 4) is 5.75 Å². The number of ether oxygens (including phenoxy) is 2. The van der Waals surface area contributed by atoms with Crippen LogP contribution in [0.5, 0.6) is 5.75 Å². The normalized spacial score (nSPS) is 11.0. The molecule has 0 atom stereocenters. The predicted octanol–water partition coefficient (Wildman–Crippen LogP) is 3.97. The van der Waals surface area contributed by atoms with Gasteiger partial charge < -0.3 is 14.8 Å². The van der Waals surface area contributed by atoms with E-state index in [9.17, 15) is 4.79 Å². The van der Waals surface area contributed by atoms with Crippen LogP contribution in [-0.4, -0.2) is 24.8 Å². The molecule has 0 saturated heterocycles. The molecule has 0 spiro atoms. The third-order valence-corrected chi connectivity index (χ3v) is 3.22. The smallest absolute Gasteiger partial charge is 0.407 e. The van der Waals surface area contributed by atoms with E-state index in [1.54, 1.807) is 0 Å². The van der Waals surface area contributed by atoms with Gasteiger partial charge in [0.1, 0.15) is 11.4 Å². The van der Waals surface area contributed by atoms with Crippen molar-refractivity contribution in [3.05, 3.63) is 27.8 Å². The van der Waals surface area contributed by atoms with Gasteiger partial charge in [-0.15, -0.1) is 0 Å². The lowest BCUT2D eigenvalue weighted by Gasteiger charge is -2.19. The number of hydrogen-bond donors (Lipinski definition) is 1. The quantitative estimate of drug-likeness (QED) is 0.590. The molecule has 1 aromatic rings. The molecule has 0 fully saturated rings. The van der Waals surface area contributed by atoms with Gasteiger partial charge in [-0.2, -0.15) is 0 Å². The van der Waals surface area contributed by atoms with Crippen LogP contribution in [0.4, 0.5) is 4.79 Å². The van der Waals surface area contributed by atoms with E-state index in [-0.39, 0.29) is 6.09 Å². The van der Waals surface area contributed by atoms with Crippen LogP contribution in [0.2, 0.25) is 0 Å². The zero-order chi connectivity index (χ0) is 15.0. The molecule has 0 unspecified atom stereocenters. The van der Waals surface area contributed by atoms with E-state index in [0.717, 1.165) is 22.2 Å². The Hall–Kier alpha value is -0.980. The van der Waals surface area contributed by atoms with Gasteiger partial charge in [-0.3, -0.25) is 0 Å². The fourth-order valence-electron chi connectivity index (χ4n) is 1.48. The monoisotopic (exact) mass is 391 g/mol. The average Bonchev–Trinajstić information content (AvgIpc) is 2.33. The van der Waals surface area contributed by atoms with Crippen molar-refractivity contribution < 1.29 is 14.3 Å². The minimum absolute atomic E-state index is 0.365. The van der Waals surface area contributed by atoms with Gasteiger partial charge in [0.05, 0.1) is 10.2 Å². The molecular formula is C15H22INO3. The molecule has 0 aliphatic rings. The van der Waals surface area contributed by atoms with Gasteiger partial charge in [0, 0.05) is 6.54 Å². The van der Waals surface area contributed by atoms with Crippen LogP contribution in [0.1, 0.15) is 33.6 Å². The highest BCUT2D eigenvalue weighted by Crippen LogP contribution is 2.19. The van der Waals surface area contributed by atoms with Gasteiger partial charge in [0.25, 0.3) is 0 Å². The van der Waals surface area contributed by atoms with Gasteiger partial charge in [0.15, 0.2) is 0 Å². The van der Waals surface area contributed by atoms with E-state index in [1.807, 2.05) is 45.0 Å². The molecular weight excluding hydrogens is 369 g/mol. The molecule has 0 aliphatic heterocycles. The van der Waals surface area contributed by atoms with Crippen molar-refractivity contribution >= 4 is 28.7 Å². The Morgan fingerprint density at radius 1 is 1.25 bits per heavy atom. The number of unbranched alkanes of at least 4 members (excludes halogenated alkanes) is 1. The molecule has 0 radical (unpaired) electrons. The maximum atomic E-state index is 11.4. The van der Waals surface area contributed by atoms with E-state index in [0.29, 0.717) is 13.2 Å². The maximum absolute atomic E-state index is 11.4. The number of halogens is 1. The minimum atomic E-state index is -0.447. The number of carbonyl (C=O) groups is 1. The zero-order valence-corrected chi connectivity index (χ0v) is 14.4. The summed E-state index contributed by atoms with van der Waals surface area (Å²) in [5.74, 6) is 0.910. The Bertz CT molecular complexity index is 429. The van der Waals surface area contributed by atoms with Crippen molar-refractivity contribution in [3.63, 3.8) is 0 Å². The lowest BCUT2D eigenvalue weighted by molar-refractivity contribution is 0.0526. The second kappa shape index (κ2) is 8.34. The van der Waals surface area contributed by atoms with Gasteiger partial charge in [-0.1, -0.05) is 12.1 Å². The van der Waals surface area contributed by atoms with Crippen LogP contribution in [0.15, 0.2) is 24.3 Å². The van der Waals surface area contributed by atoms with Crippen LogP contribution in [-0.2, 0) is 4.74 Å². The number of amides is 1. The van der Waals surface area contributed by atoms with Crippen molar-refractivity contribution in [1.29, 1.82) is 0 Å². The molecule has 1 N–H and O–H groups in total. The Kier molecular flexibility index (Phi) is 7.12. The second-order valence-corrected chi connectivity index (χ2v) is 6.58. The number of rotatable bonds is 6. The van der Waals surface area contributed by atoms with Crippen molar-refractivity contribution in [1.82, 2.24) is 5.32 Å². The Labute approximate surface area is 134 Å². The summed E-state index contributed by atoms with van der Waals surface area (Å²) in [4.78, 5) is 11.4. The minimum Gasteiger partial charge on any atom is -0.492 e. The summed E-state index contributed by atoms with van der Waals surface area (Å²) in [6.45, 7) is 6.80. The van der Waals surface area contributed by atoms with Gasteiger partial charge in [-0.05, 0) is 68.3 Å². The number of alkyl carbamates (subject to hydrolysis) is 1. The Balaban J connectivity index is 2.08. The molecule has 5 heteroatoms. The van der Waals surface area contributed by atoms with Crippen LogP contribution in [0.25, 0.3) is 0 Å². The summed E-state index contributed by atoms with van der Waals surface area (Å²) in [5, 5.41) is 2.73. The van der Waals surface area contributed by atoms with E-state index < -0.39 is 5.60 Å². The molecule has 0 aliphatic carbocycles. The zero-order valence-electron chi connectivity index (χ0n) is 12.2. The van der Waals surface area contributed by atoms with Crippen LogP contribution >= 0.6 is 22.6 Å². The van der Waals surface area contributed by atoms with Crippen LogP contribution < -0.4 is 10.1 Å². The van der Waals surface area contributed by atoms with Crippen molar-refractivity contribution in [2.24, 2.45) is 0 Å². The standard InChI is InChI=1S/C15H22INO3/c1-15(2,3)20-14(18)17-10-6-7-11-19-13-9-5-4-8-12(13)16/h4-5,8-9H,6-7,10-11H2,1-3H3,(H,17,18). The first-order chi connectivity index (χ1) is 9.38. The predicted molar refractivity (Wildman–Crippen MR) is 88.1 cm³/mol. The van der Waals surface area contributed by atoms with Crippen molar-refractivity contribution in [2.45, 2.75) is 39.2 Å². The van der Waals surface area contributed by atoms with E-state index in [1.165, 1.54) is 0 Å². The topological polar surface area (TPSA) is 47.6 Å². The molecule has 0 saturated carbocycles. The maximum Gasteiger partial charge on any atom is 0.407 e. The van der Waals surface area contributed by atoms with Crippen molar-refractivity contribution in [2.75, 3.05) is 13.2 Å². The average molecular weight is 391 g/mol. The highest BCUT2D eigenvalue weighted by atomic mass is 127. The first-order valence-electron chi connectivity index (χ1n) is 6.73. The van der Waals surface area contributed by atoms with E-state index >= 15 is 0 Å². The Morgan fingerprint density at radius 3 is 2.60 bits per heavy atom. The molecule has 112 valence electrons. The first kappa shape index (κ1) is 17.1. The lowest BCUT2D eigenvalue weighted by Crippen LogP contribution is -2.33. The van der Waals surface area contributed by atoms with Gasteiger partial charge in [-0.25, -0.2) is 4.79 Å². The summed E-state index contributed by atoms with van der Waals surface area (Å²) < 4.78 is 11.9.